The van der Waals surface area contributed by atoms with Gasteiger partial charge in [0.1, 0.15) is 0 Å². The van der Waals surface area contributed by atoms with Gasteiger partial charge in [0.2, 0.25) is 0 Å². The van der Waals surface area contributed by atoms with Gasteiger partial charge in [0.25, 0.3) is 0 Å². The fourth-order valence-corrected chi connectivity index (χ4v) is 2.75. The first-order valence-corrected chi connectivity index (χ1v) is 7.97. The zero-order chi connectivity index (χ0) is 16.2. The van der Waals surface area contributed by atoms with E-state index in [9.17, 15) is 4.79 Å². The van der Waals surface area contributed by atoms with E-state index in [0.717, 1.165) is 12.1 Å². The second-order valence-corrected chi connectivity index (χ2v) is 5.82. The molecule has 1 aromatic carbocycles. The Morgan fingerprint density at radius 2 is 2.13 bits per heavy atom. The summed E-state index contributed by atoms with van der Waals surface area (Å²) in [7, 11) is 0. The molecule has 3 rings (SSSR count). The third-order valence-corrected chi connectivity index (χ3v) is 3.92. The molecule has 23 heavy (non-hydrogen) atoms. The summed E-state index contributed by atoms with van der Waals surface area (Å²) in [6.45, 7) is 5.30. The lowest BCUT2D eigenvalue weighted by Gasteiger charge is -2.36. The number of para-hydroxylation sites is 1. The maximum Gasteiger partial charge on any atom is 0.322 e. The zero-order valence-electron chi connectivity index (χ0n) is 13.5. The number of aromatic nitrogens is 2. The Hall–Kier alpha value is -2.34. The molecular formula is C17H22N4O2. The fourth-order valence-electron chi connectivity index (χ4n) is 2.75. The van der Waals surface area contributed by atoms with Gasteiger partial charge in [0.15, 0.2) is 0 Å². The van der Waals surface area contributed by atoms with E-state index in [2.05, 4.69) is 17.3 Å². The van der Waals surface area contributed by atoms with Crippen molar-refractivity contribution in [3.63, 3.8) is 0 Å². The molecule has 0 aliphatic carbocycles. The molecule has 6 heteroatoms. The van der Waals surface area contributed by atoms with E-state index < -0.39 is 0 Å². The summed E-state index contributed by atoms with van der Waals surface area (Å²) < 4.78 is 7.53. The first-order valence-electron chi connectivity index (χ1n) is 7.97. The maximum atomic E-state index is 12.4. The van der Waals surface area contributed by atoms with Crippen LogP contribution in [0.1, 0.15) is 20.3 Å². The molecule has 1 fully saturated rings. The Labute approximate surface area is 136 Å². The second kappa shape index (κ2) is 6.83. The van der Waals surface area contributed by atoms with Crippen LogP contribution >= 0.6 is 0 Å². The van der Waals surface area contributed by atoms with Crippen LogP contribution in [0.3, 0.4) is 0 Å². The zero-order valence-corrected chi connectivity index (χ0v) is 13.5. The Balaban J connectivity index is 1.65. The number of benzene rings is 1. The van der Waals surface area contributed by atoms with Gasteiger partial charge >= 0.3 is 6.03 Å². The number of hydrogen-bond donors (Lipinski definition) is 1. The summed E-state index contributed by atoms with van der Waals surface area (Å²) in [4.78, 5) is 14.3. The van der Waals surface area contributed by atoms with Crippen molar-refractivity contribution in [2.75, 3.05) is 18.4 Å². The standard InChI is InChI=1S/C17H22N4O2/c1-3-16-12-20(10-13(2)23-16)17(22)19-14-9-18-21(11-14)15-7-5-4-6-8-15/h4-9,11,13,16H,3,10,12H2,1-2H3,(H,19,22)/t13-,16+/m0/s1. The minimum atomic E-state index is -0.105. The van der Waals surface area contributed by atoms with Gasteiger partial charge < -0.3 is 15.0 Å². The van der Waals surface area contributed by atoms with Gasteiger partial charge in [-0.15, -0.1) is 0 Å². The molecule has 2 amide bonds. The van der Waals surface area contributed by atoms with Gasteiger partial charge in [-0.25, -0.2) is 9.48 Å². The molecule has 1 aliphatic heterocycles. The maximum absolute atomic E-state index is 12.4. The molecule has 0 radical (unpaired) electrons. The van der Waals surface area contributed by atoms with E-state index in [0.29, 0.717) is 18.8 Å². The van der Waals surface area contributed by atoms with Crippen molar-refractivity contribution < 1.29 is 9.53 Å². The SMILES string of the molecule is CC[C@@H]1CN(C(=O)Nc2cnn(-c3ccccc3)c2)C[C@H](C)O1. The summed E-state index contributed by atoms with van der Waals surface area (Å²) in [6, 6.07) is 9.69. The largest absolute Gasteiger partial charge is 0.372 e. The molecule has 2 aromatic rings. The molecule has 122 valence electrons. The summed E-state index contributed by atoms with van der Waals surface area (Å²) in [5.41, 5.74) is 1.64. The Morgan fingerprint density at radius 3 is 2.87 bits per heavy atom. The quantitative estimate of drug-likeness (QED) is 0.947. The molecule has 1 saturated heterocycles. The summed E-state index contributed by atoms with van der Waals surface area (Å²) in [6.07, 6.45) is 4.55. The third kappa shape index (κ3) is 3.71. The van der Waals surface area contributed by atoms with Crippen LogP contribution in [-0.4, -0.2) is 46.0 Å². The third-order valence-electron chi connectivity index (χ3n) is 3.92. The van der Waals surface area contributed by atoms with Crippen molar-refractivity contribution in [2.45, 2.75) is 32.5 Å². The predicted molar refractivity (Wildman–Crippen MR) is 88.8 cm³/mol. The van der Waals surface area contributed by atoms with Gasteiger partial charge in [-0.05, 0) is 25.5 Å². The van der Waals surface area contributed by atoms with Crippen LogP contribution in [0.15, 0.2) is 42.7 Å². The number of carbonyl (C=O) groups excluding carboxylic acids is 1. The van der Waals surface area contributed by atoms with Crippen LogP contribution in [0.2, 0.25) is 0 Å². The average Bonchev–Trinajstić information content (AvgIpc) is 3.03. The van der Waals surface area contributed by atoms with Crippen LogP contribution in [0.25, 0.3) is 5.69 Å². The highest BCUT2D eigenvalue weighted by Crippen LogP contribution is 2.16. The summed E-state index contributed by atoms with van der Waals surface area (Å²) in [5.74, 6) is 0. The highest BCUT2D eigenvalue weighted by Gasteiger charge is 2.27. The van der Waals surface area contributed by atoms with Crippen molar-refractivity contribution in [1.82, 2.24) is 14.7 Å². The first kappa shape index (κ1) is 15.6. The molecular weight excluding hydrogens is 292 g/mol. The van der Waals surface area contributed by atoms with Crippen LogP contribution in [-0.2, 0) is 4.74 Å². The Morgan fingerprint density at radius 1 is 1.35 bits per heavy atom. The second-order valence-electron chi connectivity index (χ2n) is 5.82. The topological polar surface area (TPSA) is 59.4 Å². The monoisotopic (exact) mass is 314 g/mol. The number of hydrogen-bond acceptors (Lipinski definition) is 3. The highest BCUT2D eigenvalue weighted by molar-refractivity contribution is 5.89. The van der Waals surface area contributed by atoms with E-state index >= 15 is 0 Å². The van der Waals surface area contributed by atoms with Crippen molar-refractivity contribution >= 4 is 11.7 Å². The van der Waals surface area contributed by atoms with E-state index in [1.165, 1.54) is 0 Å². The Bertz CT molecular complexity index is 656. The molecule has 0 bridgehead atoms. The smallest absolute Gasteiger partial charge is 0.322 e. The lowest BCUT2D eigenvalue weighted by Crippen LogP contribution is -2.50. The summed E-state index contributed by atoms with van der Waals surface area (Å²) in [5, 5.41) is 7.20. The lowest BCUT2D eigenvalue weighted by molar-refractivity contribution is -0.0632. The molecule has 1 aromatic heterocycles. The molecule has 6 nitrogen and oxygen atoms in total. The lowest BCUT2D eigenvalue weighted by atomic mass is 10.2. The minimum absolute atomic E-state index is 0.0616. The van der Waals surface area contributed by atoms with E-state index in [1.54, 1.807) is 10.9 Å². The molecule has 0 unspecified atom stereocenters. The van der Waals surface area contributed by atoms with Crippen molar-refractivity contribution in [3.05, 3.63) is 42.7 Å². The van der Waals surface area contributed by atoms with Crippen LogP contribution in [0.5, 0.6) is 0 Å². The van der Waals surface area contributed by atoms with Crippen molar-refractivity contribution in [1.29, 1.82) is 0 Å². The number of nitrogens with one attached hydrogen (secondary N) is 1. The van der Waals surface area contributed by atoms with Gasteiger partial charge in [-0.2, -0.15) is 5.10 Å². The average molecular weight is 314 g/mol. The van der Waals surface area contributed by atoms with E-state index in [1.807, 2.05) is 48.4 Å². The van der Waals surface area contributed by atoms with Gasteiger partial charge in [0, 0.05) is 13.1 Å². The molecule has 1 N–H and O–H groups in total. The van der Waals surface area contributed by atoms with Crippen LogP contribution in [0.4, 0.5) is 10.5 Å². The first-order chi connectivity index (χ1) is 11.2. The molecule has 0 spiro atoms. The number of anilines is 1. The number of urea groups is 1. The van der Waals surface area contributed by atoms with Gasteiger partial charge in [0.05, 0.1) is 36.0 Å². The molecule has 2 heterocycles. The fraction of sp³-hybridized carbons (Fsp3) is 0.412. The molecule has 2 atom stereocenters. The van der Waals surface area contributed by atoms with Crippen LogP contribution in [0, 0.1) is 0 Å². The van der Waals surface area contributed by atoms with E-state index in [4.69, 9.17) is 4.74 Å². The Kier molecular flexibility index (Phi) is 4.62. The van der Waals surface area contributed by atoms with Gasteiger partial charge in [-0.3, -0.25) is 0 Å². The van der Waals surface area contributed by atoms with Crippen molar-refractivity contribution in [3.8, 4) is 5.69 Å². The highest BCUT2D eigenvalue weighted by atomic mass is 16.5. The van der Waals surface area contributed by atoms with Gasteiger partial charge in [-0.1, -0.05) is 25.1 Å². The number of amides is 2. The van der Waals surface area contributed by atoms with Crippen LogP contribution < -0.4 is 5.32 Å². The van der Waals surface area contributed by atoms with E-state index in [-0.39, 0.29) is 18.2 Å². The normalized spacial score (nSPS) is 21.2. The molecule has 0 saturated carbocycles. The number of morpholine rings is 1. The molecule has 1 aliphatic rings. The number of carbonyl (C=O) groups is 1. The summed E-state index contributed by atoms with van der Waals surface area (Å²) >= 11 is 0. The number of nitrogens with zero attached hydrogens (tertiary/aromatic N) is 3. The van der Waals surface area contributed by atoms with Crippen molar-refractivity contribution in [2.24, 2.45) is 0 Å². The number of rotatable bonds is 3. The predicted octanol–water partition coefficient (Wildman–Crippen LogP) is 2.90. The number of ether oxygens (including phenoxy) is 1. The minimum Gasteiger partial charge on any atom is -0.372 e.